The van der Waals surface area contributed by atoms with Crippen molar-refractivity contribution in [3.63, 3.8) is 0 Å². The van der Waals surface area contributed by atoms with Gasteiger partial charge in [0.15, 0.2) is 11.5 Å². The first-order chi connectivity index (χ1) is 8.15. The third kappa shape index (κ3) is 2.75. The van der Waals surface area contributed by atoms with Crippen molar-refractivity contribution >= 4 is 17.5 Å². The molecule has 6 heteroatoms. The minimum Gasteiger partial charge on any atom is -0.454 e. The zero-order valence-electron chi connectivity index (χ0n) is 8.80. The van der Waals surface area contributed by atoms with Crippen LogP contribution >= 0.6 is 0 Å². The number of ether oxygens (including phenoxy) is 2. The van der Waals surface area contributed by atoms with Gasteiger partial charge in [0, 0.05) is 23.9 Å². The van der Waals surface area contributed by atoms with Gasteiger partial charge in [0.1, 0.15) is 0 Å². The lowest BCUT2D eigenvalue weighted by Gasteiger charge is -2.03. The zero-order chi connectivity index (χ0) is 12.3. The lowest BCUT2D eigenvalue weighted by atomic mass is 10.2. The summed E-state index contributed by atoms with van der Waals surface area (Å²) in [6.07, 6.45) is 2.05. The lowest BCUT2D eigenvalue weighted by Crippen LogP contribution is -2.11. The molecule has 0 saturated heterocycles. The Morgan fingerprint density at radius 3 is 2.76 bits per heavy atom. The van der Waals surface area contributed by atoms with Crippen molar-refractivity contribution < 1.29 is 19.1 Å². The molecular weight excluding hydrogens is 224 g/mol. The molecule has 2 amide bonds. The van der Waals surface area contributed by atoms with Gasteiger partial charge in [0.2, 0.25) is 18.6 Å². The second-order valence-electron chi connectivity index (χ2n) is 3.29. The van der Waals surface area contributed by atoms with Crippen LogP contribution in [0, 0.1) is 0 Å². The maximum absolute atomic E-state index is 11.3. The van der Waals surface area contributed by atoms with E-state index in [0.29, 0.717) is 17.2 Å². The van der Waals surface area contributed by atoms with Crippen LogP contribution in [-0.4, -0.2) is 18.6 Å². The van der Waals surface area contributed by atoms with E-state index < -0.39 is 11.8 Å². The number of hydrogen-bond acceptors (Lipinski definition) is 4. The fourth-order valence-corrected chi connectivity index (χ4v) is 1.32. The van der Waals surface area contributed by atoms with Crippen LogP contribution in [-0.2, 0) is 9.59 Å². The van der Waals surface area contributed by atoms with Crippen LogP contribution in [0.3, 0.4) is 0 Å². The summed E-state index contributed by atoms with van der Waals surface area (Å²) in [4.78, 5) is 21.8. The minimum atomic E-state index is -0.675. The van der Waals surface area contributed by atoms with E-state index >= 15 is 0 Å². The first-order valence-electron chi connectivity index (χ1n) is 4.83. The Morgan fingerprint density at radius 2 is 2.00 bits per heavy atom. The fraction of sp³-hybridized carbons (Fsp3) is 0.0909. The summed E-state index contributed by atoms with van der Waals surface area (Å²) in [5.74, 6) is 0.0888. The number of fused-ring (bicyclic) bond motifs is 1. The summed E-state index contributed by atoms with van der Waals surface area (Å²) in [5.41, 5.74) is 5.42. The zero-order valence-corrected chi connectivity index (χ0v) is 8.80. The minimum absolute atomic E-state index is 0.175. The van der Waals surface area contributed by atoms with E-state index in [0.717, 1.165) is 12.2 Å². The number of anilines is 1. The smallest absolute Gasteiger partial charge is 0.248 e. The summed E-state index contributed by atoms with van der Waals surface area (Å²) >= 11 is 0. The van der Waals surface area contributed by atoms with Gasteiger partial charge < -0.3 is 20.5 Å². The van der Waals surface area contributed by atoms with E-state index in [1.54, 1.807) is 18.2 Å². The van der Waals surface area contributed by atoms with Crippen molar-refractivity contribution in [3.05, 3.63) is 30.4 Å². The molecule has 0 fully saturated rings. The summed E-state index contributed by atoms with van der Waals surface area (Å²) in [6.45, 7) is 0.175. The van der Waals surface area contributed by atoms with Gasteiger partial charge in [-0.2, -0.15) is 0 Å². The predicted molar refractivity (Wildman–Crippen MR) is 59.5 cm³/mol. The standard InChI is InChI=1S/C11H10N2O4/c12-10(14)3-4-11(15)13-7-1-2-8-9(5-7)17-6-16-8/h1-5H,6H2,(H2,12,14)(H,13,15)/b4-3+. The number of carbonyl (C=O) groups excluding carboxylic acids is 2. The monoisotopic (exact) mass is 234 g/mol. The first-order valence-corrected chi connectivity index (χ1v) is 4.83. The highest BCUT2D eigenvalue weighted by atomic mass is 16.7. The fourth-order valence-electron chi connectivity index (χ4n) is 1.32. The topological polar surface area (TPSA) is 90.7 Å². The predicted octanol–water partition coefficient (Wildman–Crippen LogP) is 0.395. The molecule has 1 aliphatic heterocycles. The summed E-state index contributed by atoms with van der Waals surface area (Å²) < 4.78 is 10.3. The van der Waals surface area contributed by atoms with Gasteiger partial charge in [-0.15, -0.1) is 0 Å². The molecule has 17 heavy (non-hydrogen) atoms. The van der Waals surface area contributed by atoms with Gasteiger partial charge in [-0.25, -0.2) is 0 Å². The van der Waals surface area contributed by atoms with Crippen molar-refractivity contribution in [1.82, 2.24) is 0 Å². The molecule has 1 heterocycles. The quantitative estimate of drug-likeness (QED) is 0.740. The Bertz CT molecular complexity index is 496. The molecule has 88 valence electrons. The number of nitrogens with two attached hydrogens (primary N) is 1. The Hall–Kier alpha value is -2.50. The molecule has 0 atom stereocenters. The van der Waals surface area contributed by atoms with E-state index in [1.165, 1.54) is 0 Å². The number of rotatable bonds is 3. The van der Waals surface area contributed by atoms with E-state index in [2.05, 4.69) is 5.32 Å². The Labute approximate surface area is 97.0 Å². The summed E-state index contributed by atoms with van der Waals surface area (Å²) in [5, 5.41) is 2.56. The molecule has 2 rings (SSSR count). The molecule has 0 spiro atoms. The third-order valence-electron chi connectivity index (χ3n) is 2.04. The first kappa shape index (κ1) is 11.0. The van der Waals surface area contributed by atoms with E-state index in [4.69, 9.17) is 15.2 Å². The van der Waals surface area contributed by atoms with E-state index in [9.17, 15) is 9.59 Å². The average Bonchev–Trinajstić information content (AvgIpc) is 2.73. The van der Waals surface area contributed by atoms with Crippen LogP contribution < -0.4 is 20.5 Å². The molecule has 0 radical (unpaired) electrons. The summed E-state index contributed by atoms with van der Waals surface area (Å²) in [7, 11) is 0. The molecule has 3 N–H and O–H groups in total. The lowest BCUT2D eigenvalue weighted by molar-refractivity contribution is -0.115. The Balaban J connectivity index is 2.04. The summed E-state index contributed by atoms with van der Waals surface area (Å²) in [6, 6.07) is 5.00. The number of benzene rings is 1. The van der Waals surface area contributed by atoms with E-state index in [-0.39, 0.29) is 6.79 Å². The second-order valence-corrected chi connectivity index (χ2v) is 3.29. The molecule has 1 aromatic carbocycles. The van der Waals surface area contributed by atoms with Crippen molar-refractivity contribution in [2.24, 2.45) is 5.73 Å². The molecule has 1 aromatic rings. The van der Waals surface area contributed by atoms with Gasteiger partial charge >= 0.3 is 0 Å². The second kappa shape index (κ2) is 4.56. The molecule has 0 bridgehead atoms. The van der Waals surface area contributed by atoms with Gasteiger partial charge in [0.05, 0.1) is 0 Å². The van der Waals surface area contributed by atoms with Crippen molar-refractivity contribution in [2.45, 2.75) is 0 Å². The molecule has 0 aromatic heterocycles. The average molecular weight is 234 g/mol. The van der Waals surface area contributed by atoms with Crippen LogP contribution in [0.2, 0.25) is 0 Å². The molecular formula is C11H10N2O4. The van der Waals surface area contributed by atoms with Crippen LogP contribution in [0.25, 0.3) is 0 Å². The number of hydrogen-bond donors (Lipinski definition) is 2. The van der Waals surface area contributed by atoms with Crippen molar-refractivity contribution in [2.75, 3.05) is 12.1 Å². The highest BCUT2D eigenvalue weighted by molar-refractivity contribution is 6.03. The van der Waals surface area contributed by atoms with E-state index in [1.807, 2.05) is 0 Å². The largest absolute Gasteiger partial charge is 0.454 e. The van der Waals surface area contributed by atoms with Gasteiger partial charge in [-0.1, -0.05) is 0 Å². The highest BCUT2D eigenvalue weighted by Gasteiger charge is 2.13. The Morgan fingerprint density at radius 1 is 1.24 bits per heavy atom. The maximum atomic E-state index is 11.3. The van der Waals surface area contributed by atoms with Crippen molar-refractivity contribution in [3.8, 4) is 11.5 Å². The van der Waals surface area contributed by atoms with Crippen LogP contribution in [0.5, 0.6) is 11.5 Å². The van der Waals surface area contributed by atoms with Gasteiger partial charge in [-0.05, 0) is 12.1 Å². The van der Waals surface area contributed by atoms with Crippen molar-refractivity contribution in [1.29, 1.82) is 0 Å². The third-order valence-corrected chi connectivity index (χ3v) is 2.04. The highest BCUT2D eigenvalue weighted by Crippen LogP contribution is 2.34. The molecule has 0 saturated carbocycles. The van der Waals surface area contributed by atoms with Gasteiger partial charge in [-0.3, -0.25) is 9.59 Å². The number of nitrogens with one attached hydrogen (secondary N) is 1. The van der Waals surface area contributed by atoms with Crippen LogP contribution in [0.4, 0.5) is 5.69 Å². The van der Waals surface area contributed by atoms with Crippen LogP contribution in [0.1, 0.15) is 0 Å². The van der Waals surface area contributed by atoms with Crippen LogP contribution in [0.15, 0.2) is 30.4 Å². The molecule has 0 unspecified atom stereocenters. The molecule has 1 aliphatic rings. The normalized spacial score (nSPS) is 12.7. The molecule has 6 nitrogen and oxygen atoms in total. The van der Waals surface area contributed by atoms with Gasteiger partial charge in [0.25, 0.3) is 0 Å². The number of primary amides is 1. The number of carbonyl (C=O) groups is 2. The SMILES string of the molecule is NC(=O)/C=C/C(=O)Nc1ccc2c(c1)OCO2. The Kier molecular flexibility index (Phi) is 2.95. The maximum Gasteiger partial charge on any atom is 0.248 e. The number of amides is 2. The molecule has 0 aliphatic carbocycles.